The lowest BCUT2D eigenvalue weighted by Gasteiger charge is -2.23. The fourth-order valence-corrected chi connectivity index (χ4v) is 4.63. The Labute approximate surface area is 170 Å². The van der Waals surface area contributed by atoms with Gasteiger partial charge in [0, 0.05) is 42.3 Å². The fourth-order valence-electron chi connectivity index (χ4n) is 3.58. The summed E-state index contributed by atoms with van der Waals surface area (Å²) < 4.78 is 2.22. The van der Waals surface area contributed by atoms with Gasteiger partial charge in [0.05, 0.1) is 5.69 Å². The number of hydrogen-bond acceptors (Lipinski definition) is 5. The van der Waals surface area contributed by atoms with Crippen LogP contribution in [0.3, 0.4) is 0 Å². The fraction of sp³-hybridized carbons (Fsp3) is 0.476. The molecule has 0 unspecified atom stereocenters. The third-order valence-electron chi connectivity index (χ3n) is 5.20. The van der Waals surface area contributed by atoms with Crippen LogP contribution in [0, 0.1) is 25.2 Å². The summed E-state index contributed by atoms with van der Waals surface area (Å²) in [5.41, 5.74) is 4.28. The van der Waals surface area contributed by atoms with Crippen LogP contribution >= 0.6 is 11.3 Å². The second-order valence-corrected chi connectivity index (χ2v) is 8.19. The van der Waals surface area contributed by atoms with Crippen molar-refractivity contribution in [1.82, 2.24) is 14.5 Å². The van der Waals surface area contributed by atoms with Crippen LogP contribution < -0.4 is 5.32 Å². The van der Waals surface area contributed by atoms with Crippen molar-refractivity contribution in [2.45, 2.75) is 53.6 Å². The molecule has 0 bridgehead atoms. The lowest BCUT2D eigenvalue weighted by molar-refractivity contribution is -0.112. The predicted molar refractivity (Wildman–Crippen MR) is 113 cm³/mol. The molecule has 1 aliphatic heterocycles. The molecular weight excluding hydrogens is 370 g/mol. The molecule has 0 saturated heterocycles. The molecule has 3 heterocycles. The van der Waals surface area contributed by atoms with E-state index in [2.05, 4.69) is 33.6 Å². The molecule has 148 valence electrons. The summed E-state index contributed by atoms with van der Waals surface area (Å²) in [5.74, 6) is -0.402. The number of thiazole rings is 1. The Morgan fingerprint density at radius 2 is 2.21 bits per heavy atom. The smallest absolute Gasteiger partial charge is 0.268 e. The monoisotopic (exact) mass is 397 g/mol. The first kappa shape index (κ1) is 20.3. The van der Waals surface area contributed by atoms with Gasteiger partial charge in [-0.05, 0) is 44.5 Å². The van der Waals surface area contributed by atoms with E-state index in [9.17, 15) is 10.1 Å². The van der Waals surface area contributed by atoms with Gasteiger partial charge in [-0.2, -0.15) is 5.26 Å². The third-order valence-corrected chi connectivity index (χ3v) is 6.20. The molecule has 28 heavy (non-hydrogen) atoms. The van der Waals surface area contributed by atoms with Gasteiger partial charge in [-0.3, -0.25) is 15.0 Å². The number of nitrogens with one attached hydrogen (secondary N) is 1. The summed E-state index contributed by atoms with van der Waals surface area (Å²) in [4.78, 5) is 20.8. The summed E-state index contributed by atoms with van der Waals surface area (Å²) in [5, 5.41) is 12.9. The first-order valence-corrected chi connectivity index (χ1v) is 10.6. The number of likely N-dealkylation sites (N-methyl/N-ethyl adjacent to an activating group) is 1. The molecule has 1 aliphatic rings. The highest BCUT2D eigenvalue weighted by atomic mass is 32.1. The van der Waals surface area contributed by atoms with Gasteiger partial charge in [-0.1, -0.05) is 13.8 Å². The lowest BCUT2D eigenvalue weighted by Crippen LogP contribution is -2.29. The Kier molecular flexibility index (Phi) is 6.32. The molecule has 0 saturated carbocycles. The van der Waals surface area contributed by atoms with E-state index in [4.69, 9.17) is 0 Å². The molecule has 2 aromatic rings. The Hall–Kier alpha value is -2.43. The molecule has 1 N–H and O–H groups in total. The van der Waals surface area contributed by atoms with Crippen LogP contribution in [0.5, 0.6) is 0 Å². The average molecular weight is 398 g/mol. The number of fused-ring (bicyclic) bond motifs is 1. The van der Waals surface area contributed by atoms with Crippen LogP contribution in [-0.2, 0) is 24.3 Å². The topological polar surface area (TPSA) is 74.0 Å². The van der Waals surface area contributed by atoms with Gasteiger partial charge < -0.3 is 4.57 Å². The number of aromatic nitrogens is 2. The van der Waals surface area contributed by atoms with Crippen LogP contribution in [0.4, 0.5) is 5.13 Å². The van der Waals surface area contributed by atoms with Crippen molar-refractivity contribution in [2.24, 2.45) is 0 Å². The maximum atomic E-state index is 12.7. The van der Waals surface area contributed by atoms with E-state index < -0.39 is 5.91 Å². The van der Waals surface area contributed by atoms with Crippen molar-refractivity contribution in [1.29, 1.82) is 5.26 Å². The SMILES string of the molecule is CCCn1c(C)cc(/C=C(/C#N)C(=O)Nc2nc3c(s2)CN(CC)CC3)c1C. The van der Waals surface area contributed by atoms with Crippen LogP contribution in [0.25, 0.3) is 6.08 Å². The molecule has 2 aromatic heterocycles. The van der Waals surface area contributed by atoms with Crippen molar-refractivity contribution in [3.8, 4) is 6.07 Å². The minimum absolute atomic E-state index is 0.0973. The predicted octanol–water partition coefficient (Wildman–Crippen LogP) is 3.90. The van der Waals surface area contributed by atoms with Gasteiger partial charge in [0.2, 0.25) is 0 Å². The van der Waals surface area contributed by atoms with Gasteiger partial charge in [0.15, 0.2) is 5.13 Å². The summed E-state index contributed by atoms with van der Waals surface area (Å²) in [6, 6.07) is 4.07. The van der Waals surface area contributed by atoms with E-state index in [0.717, 1.165) is 61.7 Å². The third kappa shape index (κ3) is 4.18. The number of nitrogens with zero attached hydrogens (tertiary/aromatic N) is 4. The Balaban J connectivity index is 1.78. The van der Waals surface area contributed by atoms with Crippen LogP contribution in [0.2, 0.25) is 0 Å². The number of anilines is 1. The van der Waals surface area contributed by atoms with E-state index in [-0.39, 0.29) is 5.57 Å². The molecule has 0 radical (unpaired) electrons. The molecule has 6 nitrogen and oxygen atoms in total. The molecular formula is C21H27N5OS. The van der Waals surface area contributed by atoms with Crippen molar-refractivity contribution >= 4 is 28.5 Å². The van der Waals surface area contributed by atoms with E-state index >= 15 is 0 Å². The molecule has 0 fully saturated rings. The number of amides is 1. The molecule has 0 aromatic carbocycles. The number of hydrogen-bond donors (Lipinski definition) is 1. The van der Waals surface area contributed by atoms with E-state index in [1.54, 1.807) is 6.08 Å². The normalized spacial score (nSPS) is 14.6. The average Bonchev–Trinajstić information content (AvgIpc) is 3.20. The summed E-state index contributed by atoms with van der Waals surface area (Å²) in [7, 11) is 0. The molecule has 3 rings (SSSR count). The Bertz CT molecular complexity index is 947. The zero-order valence-corrected chi connectivity index (χ0v) is 17.8. The number of carbonyl (C=O) groups is 1. The van der Waals surface area contributed by atoms with E-state index in [1.807, 2.05) is 26.0 Å². The molecule has 0 aliphatic carbocycles. The molecule has 1 amide bonds. The van der Waals surface area contributed by atoms with Crippen molar-refractivity contribution < 1.29 is 4.79 Å². The lowest BCUT2D eigenvalue weighted by atomic mass is 10.1. The Morgan fingerprint density at radius 3 is 2.89 bits per heavy atom. The number of rotatable bonds is 6. The number of carbonyl (C=O) groups excluding carboxylic acids is 1. The van der Waals surface area contributed by atoms with E-state index in [1.165, 1.54) is 16.2 Å². The van der Waals surface area contributed by atoms with Gasteiger partial charge in [-0.15, -0.1) is 11.3 Å². The molecule has 0 spiro atoms. The summed E-state index contributed by atoms with van der Waals surface area (Å²) in [6.07, 6.45) is 3.62. The van der Waals surface area contributed by atoms with Gasteiger partial charge >= 0.3 is 0 Å². The van der Waals surface area contributed by atoms with Crippen LogP contribution in [-0.4, -0.2) is 33.4 Å². The summed E-state index contributed by atoms with van der Waals surface area (Å²) >= 11 is 1.51. The number of aryl methyl sites for hydroxylation is 1. The zero-order chi connectivity index (χ0) is 20.3. The van der Waals surface area contributed by atoms with Crippen molar-refractivity contribution in [2.75, 3.05) is 18.4 Å². The highest BCUT2D eigenvalue weighted by Crippen LogP contribution is 2.28. The molecule has 0 atom stereocenters. The first-order valence-electron chi connectivity index (χ1n) is 9.77. The maximum absolute atomic E-state index is 12.7. The van der Waals surface area contributed by atoms with Gasteiger partial charge in [0.1, 0.15) is 11.6 Å². The van der Waals surface area contributed by atoms with E-state index in [0.29, 0.717) is 5.13 Å². The van der Waals surface area contributed by atoms with Crippen LogP contribution in [0.1, 0.15) is 47.8 Å². The second kappa shape index (κ2) is 8.72. The van der Waals surface area contributed by atoms with Gasteiger partial charge in [-0.25, -0.2) is 4.98 Å². The highest BCUT2D eigenvalue weighted by Gasteiger charge is 2.21. The first-order chi connectivity index (χ1) is 13.5. The second-order valence-electron chi connectivity index (χ2n) is 7.11. The standard InChI is InChI=1S/C21H27N5OS/c1-5-8-26-14(3)10-16(15(26)4)11-17(12-22)20(27)24-21-23-18-7-9-25(6-2)13-19(18)28-21/h10-11H,5-9,13H2,1-4H3,(H,23,24,27)/b17-11-. The number of nitriles is 1. The van der Waals surface area contributed by atoms with Crippen LogP contribution in [0.15, 0.2) is 11.6 Å². The van der Waals surface area contributed by atoms with Gasteiger partial charge in [0.25, 0.3) is 5.91 Å². The highest BCUT2D eigenvalue weighted by molar-refractivity contribution is 7.15. The minimum atomic E-state index is -0.402. The quantitative estimate of drug-likeness (QED) is 0.593. The minimum Gasteiger partial charge on any atom is -0.349 e. The van der Waals surface area contributed by atoms with Crippen molar-refractivity contribution in [3.05, 3.63) is 39.2 Å². The molecule has 7 heteroatoms. The Morgan fingerprint density at radius 1 is 1.43 bits per heavy atom. The zero-order valence-electron chi connectivity index (χ0n) is 17.0. The summed E-state index contributed by atoms with van der Waals surface area (Å²) in [6.45, 7) is 12.2. The van der Waals surface area contributed by atoms with Crippen molar-refractivity contribution in [3.63, 3.8) is 0 Å². The largest absolute Gasteiger partial charge is 0.349 e. The maximum Gasteiger partial charge on any atom is 0.268 e.